The topological polar surface area (TPSA) is 53.0 Å². The smallest absolute Gasteiger partial charge is 0.263 e. The molecule has 1 fully saturated rings. The average molecular weight is 297 g/mol. The molecule has 3 aliphatic heterocycles. The van der Waals surface area contributed by atoms with Crippen LogP contribution in [0.5, 0.6) is 0 Å². The van der Waals surface area contributed by atoms with Gasteiger partial charge in [-0.05, 0) is 25.0 Å². The number of carbonyl (C=O) groups is 2. The number of benzene rings is 1. The monoisotopic (exact) mass is 297 g/mol. The highest BCUT2D eigenvalue weighted by molar-refractivity contribution is 6.21. The van der Waals surface area contributed by atoms with Crippen LogP contribution >= 0.6 is 0 Å². The predicted octanol–water partition coefficient (Wildman–Crippen LogP) is 2.29. The van der Waals surface area contributed by atoms with E-state index in [2.05, 4.69) is 4.90 Å². The molecule has 3 heterocycles. The normalized spacial score (nSPS) is 24.7. The van der Waals surface area contributed by atoms with Crippen LogP contribution in [0.25, 0.3) is 0 Å². The summed E-state index contributed by atoms with van der Waals surface area (Å²) in [6.45, 7) is 1.94. The molecule has 1 atom stereocenters. The highest BCUT2D eigenvalue weighted by Crippen LogP contribution is 2.28. The van der Waals surface area contributed by atoms with Crippen molar-refractivity contribution in [3.05, 3.63) is 35.4 Å². The third-order valence-corrected chi connectivity index (χ3v) is 4.77. The van der Waals surface area contributed by atoms with E-state index < -0.39 is 0 Å². The van der Waals surface area contributed by atoms with Crippen LogP contribution in [0, 0.1) is 0 Å². The minimum absolute atomic E-state index is 0.197. The van der Waals surface area contributed by atoms with Crippen LogP contribution in [0.4, 0.5) is 0 Å². The Kier molecular flexibility index (Phi) is 3.21. The van der Waals surface area contributed by atoms with Crippen LogP contribution in [-0.2, 0) is 0 Å². The average Bonchev–Trinajstić information content (AvgIpc) is 2.71. The second-order valence-corrected chi connectivity index (χ2v) is 6.14. The van der Waals surface area contributed by atoms with Crippen molar-refractivity contribution < 1.29 is 9.59 Å². The van der Waals surface area contributed by atoms with E-state index in [0.29, 0.717) is 11.1 Å². The van der Waals surface area contributed by atoms with Gasteiger partial charge < -0.3 is 4.90 Å². The van der Waals surface area contributed by atoms with E-state index in [1.54, 1.807) is 24.3 Å². The van der Waals surface area contributed by atoms with Gasteiger partial charge in [0.2, 0.25) is 0 Å². The number of fused-ring (bicyclic) bond motifs is 2. The number of amidine groups is 1. The number of rotatable bonds is 1. The van der Waals surface area contributed by atoms with Gasteiger partial charge in [-0.25, -0.2) is 4.99 Å². The van der Waals surface area contributed by atoms with Crippen LogP contribution in [0.3, 0.4) is 0 Å². The minimum atomic E-state index is -0.336. The molecule has 0 spiro atoms. The Labute approximate surface area is 129 Å². The number of hydrogen-bond acceptors (Lipinski definition) is 4. The number of amides is 2. The first-order chi connectivity index (χ1) is 10.8. The van der Waals surface area contributed by atoms with Gasteiger partial charge in [-0.15, -0.1) is 0 Å². The van der Waals surface area contributed by atoms with Crippen molar-refractivity contribution in [2.45, 2.75) is 38.3 Å². The third-order valence-electron chi connectivity index (χ3n) is 4.77. The van der Waals surface area contributed by atoms with Gasteiger partial charge in [0.05, 0.1) is 11.1 Å². The summed E-state index contributed by atoms with van der Waals surface area (Å²) < 4.78 is 0. The Hall–Kier alpha value is -2.17. The maximum absolute atomic E-state index is 12.6. The summed E-state index contributed by atoms with van der Waals surface area (Å²) in [5.41, 5.74) is 1.02. The zero-order valence-electron chi connectivity index (χ0n) is 12.5. The first kappa shape index (κ1) is 13.5. The van der Waals surface area contributed by atoms with Gasteiger partial charge in [0.25, 0.3) is 11.8 Å². The fraction of sp³-hybridized carbons (Fsp3) is 0.471. The van der Waals surface area contributed by atoms with E-state index >= 15 is 0 Å². The van der Waals surface area contributed by atoms with E-state index in [0.717, 1.165) is 38.2 Å². The Morgan fingerprint density at radius 2 is 1.68 bits per heavy atom. The van der Waals surface area contributed by atoms with E-state index in [4.69, 9.17) is 4.99 Å². The van der Waals surface area contributed by atoms with Crippen molar-refractivity contribution in [3.8, 4) is 0 Å². The molecule has 1 saturated heterocycles. The molecule has 1 unspecified atom stereocenters. The molecule has 0 aromatic heterocycles. The lowest BCUT2D eigenvalue weighted by Gasteiger charge is -2.34. The minimum Gasteiger partial charge on any atom is -0.360 e. The molecule has 0 N–H and O–H groups in total. The molecule has 2 amide bonds. The molecule has 0 saturated carbocycles. The number of carbonyl (C=O) groups excluding carboxylic acids is 2. The summed E-state index contributed by atoms with van der Waals surface area (Å²) in [5.74, 6) is 0.680. The van der Waals surface area contributed by atoms with Gasteiger partial charge in [-0.3, -0.25) is 14.5 Å². The Bertz CT molecular complexity index is 633. The van der Waals surface area contributed by atoms with E-state index in [1.807, 2.05) is 0 Å². The molecule has 0 aliphatic carbocycles. The molecule has 114 valence electrons. The van der Waals surface area contributed by atoms with Crippen LogP contribution in [-0.4, -0.2) is 46.7 Å². The second-order valence-electron chi connectivity index (χ2n) is 6.14. The number of imide groups is 1. The van der Waals surface area contributed by atoms with E-state index in [-0.39, 0.29) is 18.0 Å². The van der Waals surface area contributed by atoms with Gasteiger partial charge in [-0.2, -0.15) is 0 Å². The van der Waals surface area contributed by atoms with Gasteiger partial charge in [0, 0.05) is 25.9 Å². The van der Waals surface area contributed by atoms with Crippen LogP contribution in [0.2, 0.25) is 0 Å². The fourth-order valence-corrected chi connectivity index (χ4v) is 3.61. The van der Waals surface area contributed by atoms with Crippen molar-refractivity contribution in [3.63, 3.8) is 0 Å². The maximum atomic E-state index is 12.6. The standard InChI is InChI=1S/C17H19N3O2/c21-16-12-6-3-4-7-13(12)17(22)20(16)15-9-11-19-10-5-1-2-8-14(19)18-15/h3-4,6-7,15H,1-2,5,8-11H2. The first-order valence-corrected chi connectivity index (χ1v) is 8.04. The second kappa shape index (κ2) is 5.23. The van der Waals surface area contributed by atoms with Crippen molar-refractivity contribution in [2.24, 2.45) is 4.99 Å². The molecular weight excluding hydrogens is 278 g/mol. The number of hydrogen-bond donors (Lipinski definition) is 0. The third kappa shape index (κ3) is 2.03. The summed E-state index contributed by atoms with van der Waals surface area (Å²) in [6.07, 6.45) is 4.93. The van der Waals surface area contributed by atoms with Crippen molar-refractivity contribution >= 4 is 17.6 Å². The SMILES string of the molecule is O=C1c2ccccc2C(=O)N1C1CCN2CCCCCC2=N1. The summed E-state index contributed by atoms with van der Waals surface area (Å²) in [4.78, 5) is 33.6. The molecule has 1 aromatic carbocycles. The van der Waals surface area contributed by atoms with Crippen molar-refractivity contribution in [2.75, 3.05) is 13.1 Å². The van der Waals surface area contributed by atoms with Crippen LogP contribution < -0.4 is 0 Å². The Morgan fingerprint density at radius 3 is 2.41 bits per heavy atom. The summed E-state index contributed by atoms with van der Waals surface area (Å²) >= 11 is 0. The highest BCUT2D eigenvalue weighted by Gasteiger charge is 2.41. The lowest BCUT2D eigenvalue weighted by molar-refractivity contribution is 0.0568. The van der Waals surface area contributed by atoms with E-state index in [9.17, 15) is 9.59 Å². The zero-order valence-corrected chi connectivity index (χ0v) is 12.5. The van der Waals surface area contributed by atoms with Crippen LogP contribution in [0.15, 0.2) is 29.3 Å². The molecule has 0 bridgehead atoms. The molecule has 4 rings (SSSR count). The Balaban J connectivity index is 1.65. The van der Waals surface area contributed by atoms with Crippen molar-refractivity contribution in [1.82, 2.24) is 9.80 Å². The number of aliphatic imine (C=N–C) groups is 1. The quantitative estimate of drug-likeness (QED) is 0.747. The Morgan fingerprint density at radius 1 is 0.955 bits per heavy atom. The molecule has 0 radical (unpaired) electrons. The lowest BCUT2D eigenvalue weighted by Crippen LogP contribution is -2.46. The summed E-state index contributed by atoms with van der Waals surface area (Å²) in [6, 6.07) is 7.05. The van der Waals surface area contributed by atoms with E-state index in [1.165, 1.54) is 17.7 Å². The fourth-order valence-electron chi connectivity index (χ4n) is 3.61. The highest BCUT2D eigenvalue weighted by atomic mass is 16.2. The summed E-state index contributed by atoms with van der Waals surface area (Å²) in [5, 5.41) is 0. The molecule has 5 heteroatoms. The van der Waals surface area contributed by atoms with Gasteiger partial charge in [-0.1, -0.05) is 18.6 Å². The van der Waals surface area contributed by atoms with Gasteiger partial charge in [0.15, 0.2) is 0 Å². The molecule has 1 aromatic rings. The number of nitrogens with zero attached hydrogens (tertiary/aromatic N) is 3. The molecular formula is C17H19N3O2. The largest absolute Gasteiger partial charge is 0.360 e. The molecule has 22 heavy (non-hydrogen) atoms. The maximum Gasteiger partial charge on any atom is 0.263 e. The first-order valence-electron chi connectivity index (χ1n) is 8.04. The summed E-state index contributed by atoms with van der Waals surface area (Å²) in [7, 11) is 0. The van der Waals surface area contributed by atoms with Gasteiger partial charge in [0.1, 0.15) is 12.0 Å². The predicted molar refractivity (Wildman–Crippen MR) is 82.8 cm³/mol. The van der Waals surface area contributed by atoms with Gasteiger partial charge >= 0.3 is 0 Å². The zero-order chi connectivity index (χ0) is 15.1. The lowest BCUT2D eigenvalue weighted by atomic mass is 10.1. The van der Waals surface area contributed by atoms with Crippen LogP contribution in [0.1, 0.15) is 52.8 Å². The molecule has 5 nitrogen and oxygen atoms in total. The molecule has 3 aliphatic rings. The van der Waals surface area contributed by atoms with Crippen molar-refractivity contribution in [1.29, 1.82) is 0 Å².